The van der Waals surface area contributed by atoms with Gasteiger partial charge in [-0.3, -0.25) is 10.2 Å². The highest BCUT2D eigenvalue weighted by Gasteiger charge is 2.21. The zero-order chi connectivity index (χ0) is 13.2. The van der Waals surface area contributed by atoms with Crippen molar-refractivity contribution in [3.05, 3.63) is 45.1 Å². The van der Waals surface area contributed by atoms with Crippen molar-refractivity contribution in [2.24, 2.45) is 5.73 Å². The fourth-order valence-electron chi connectivity index (χ4n) is 1.34. The predicted octanol–water partition coefficient (Wildman–Crippen LogP) is 2.68. The Labute approximate surface area is 108 Å². The molecule has 0 unspecified atom stereocenters. The number of aliphatic hydroxyl groups is 1. The van der Waals surface area contributed by atoms with E-state index >= 15 is 0 Å². The summed E-state index contributed by atoms with van der Waals surface area (Å²) in [5.41, 5.74) is 4.65. The van der Waals surface area contributed by atoms with Crippen LogP contribution in [0.3, 0.4) is 0 Å². The van der Waals surface area contributed by atoms with Crippen molar-refractivity contribution in [3.63, 3.8) is 0 Å². The fraction of sp³-hybridized carbons (Fsp3) is 0.0909. The van der Waals surface area contributed by atoms with E-state index in [-0.39, 0.29) is 32.7 Å². The molecular formula is C11H10Cl2N2O2. The normalized spacial score (nSPS) is 11.9. The Balaban J connectivity index is 3.40. The number of aliphatic hydroxyl groups excluding tert-OH is 1. The molecule has 0 aliphatic rings. The first-order chi connectivity index (χ1) is 7.86. The quantitative estimate of drug-likeness (QED) is 0.449. The van der Waals surface area contributed by atoms with Gasteiger partial charge in [-0.2, -0.15) is 0 Å². The molecule has 0 aliphatic carbocycles. The molecule has 4 N–H and O–H groups in total. The van der Waals surface area contributed by atoms with Crippen LogP contribution in [0.4, 0.5) is 0 Å². The van der Waals surface area contributed by atoms with E-state index in [4.69, 9.17) is 34.3 Å². The number of amides is 1. The van der Waals surface area contributed by atoms with Crippen molar-refractivity contribution < 1.29 is 9.90 Å². The number of hydrogen-bond donors (Lipinski definition) is 3. The molecule has 1 amide bonds. The number of allylic oxidation sites excluding steroid dienone is 1. The lowest BCUT2D eigenvalue weighted by molar-refractivity contribution is -0.114. The summed E-state index contributed by atoms with van der Waals surface area (Å²) in [4.78, 5) is 11.2. The van der Waals surface area contributed by atoms with Crippen LogP contribution in [-0.4, -0.2) is 16.7 Å². The number of rotatable bonds is 3. The Bertz CT molecular complexity index is 500. The van der Waals surface area contributed by atoms with E-state index in [1.165, 1.54) is 19.1 Å². The third-order valence-corrected chi connectivity index (χ3v) is 2.70. The molecule has 0 radical (unpaired) electrons. The van der Waals surface area contributed by atoms with Crippen LogP contribution in [0.2, 0.25) is 10.0 Å². The van der Waals surface area contributed by atoms with Crippen molar-refractivity contribution in [1.82, 2.24) is 0 Å². The first-order valence-electron chi connectivity index (χ1n) is 4.59. The molecule has 0 saturated heterocycles. The summed E-state index contributed by atoms with van der Waals surface area (Å²) < 4.78 is 0. The maximum atomic E-state index is 11.2. The maximum absolute atomic E-state index is 11.2. The molecule has 6 heteroatoms. The minimum Gasteiger partial charge on any atom is -0.512 e. The van der Waals surface area contributed by atoms with E-state index in [0.29, 0.717) is 0 Å². The summed E-state index contributed by atoms with van der Waals surface area (Å²) in [6, 6.07) is 4.67. The number of carbonyl (C=O) groups excluding carboxylic acids is 1. The highest BCUT2D eigenvalue weighted by molar-refractivity contribution is 6.43. The number of nitrogens with two attached hydrogens (primary N) is 1. The zero-order valence-electron chi connectivity index (χ0n) is 8.92. The average molecular weight is 273 g/mol. The van der Waals surface area contributed by atoms with Crippen molar-refractivity contribution in [3.8, 4) is 0 Å². The van der Waals surface area contributed by atoms with Gasteiger partial charge in [0.2, 0.25) is 0 Å². The van der Waals surface area contributed by atoms with E-state index in [2.05, 4.69) is 0 Å². The Morgan fingerprint density at radius 2 is 1.82 bits per heavy atom. The van der Waals surface area contributed by atoms with Gasteiger partial charge in [-0.25, -0.2) is 0 Å². The standard InChI is InChI=1S/C11H10Cl2N2O2/c1-5(16)8(11(15)17)10(14)9-6(12)3-2-4-7(9)13/h2-4,14,16H,1H3,(H2,15,17)/b8-5-,14-10?. The number of hydrogen-bond acceptors (Lipinski definition) is 3. The summed E-state index contributed by atoms with van der Waals surface area (Å²) in [5.74, 6) is -1.26. The molecule has 0 aliphatic heterocycles. The van der Waals surface area contributed by atoms with Crippen molar-refractivity contribution in [2.75, 3.05) is 0 Å². The second kappa shape index (κ2) is 5.21. The van der Waals surface area contributed by atoms with Gasteiger partial charge < -0.3 is 10.8 Å². The highest BCUT2D eigenvalue weighted by atomic mass is 35.5. The average Bonchev–Trinajstić information content (AvgIpc) is 2.15. The van der Waals surface area contributed by atoms with Gasteiger partial charge in [-0.1, -0.05) is 29.3 Å². The van der Waals surface area contributed by atoms with E-state index in [1.807, 2.05) is 0 Å². The van der Waals surface area contributed by atoms with Crippen molar-refractivity contribution in [1.29, 1.82) is 5.41 Å². The van der Waals surface area contributed by atoms with Gasteiger partial charge in [-0.15, -0.1) is 0 Å². The first-order valence-corrected chi connectivity index (χ1v) is 5.34. The number of primary amides is 1. The lowest BCUT2D eigenvalue weighted by Crippen LogP contribution is -2.23. The van der Waals surface area contributed by atoms with E-state index in [0.717, 1.165) is 0 Å². The molecule has 0 atom stereocenters. The lowest BCUT2D eigenvalue weighted by atomic mass is 10.0. The monoisotopic (exact) mass is 272 g/mol. The van der Waals surface area contributed by atoms with Crippen LogP contribution in [0, 0.1) is 5.41 Å². The number of benzene rings is 1. The lowest BCUT2D eigenvalue weighted by Gasteiger charge is -2.10. The second-order valence-electron chi connectivity index (χ2n) is 3.30. The SMILES string of the molecule is C/C(O)=C(\C(=N)c1c(Cl)cccc1Cl)C(N)=O. The third-order valence-electron chi connectivity index (χ3n) is 2.07. The van der Waals surface area contributed by atoms with Gasteiger partial charge >= 0.3 is 0 Å². The molecule has 0 spiro atoms. The summed E-state index contributed by atoms with van der Waals surface area (Å²) in [6.45, 7) is 1.26. The molecular weight excluding hydrogens is 263 g/mol. The Hall–Kier alpha value is -1.52. The third kappa shape index (κ3) is 2.78. The number of halogens is 2. The molecule has 0 fully saturated rings. The van der Waals surface area contributed by atoms with E-state index < -0.39 is 5.91 Å². The van der Waals surface area contributed by atoms with Gasteiger partial charge in [0.15, 0.2) is 0 Å². The molecule has 1 aromatic carbocycles. The fourth-order valence-corrected chi connectivity index (χ4v) is 1.93. The number of nitrogens with one attached hydrogen (secondary N) is 1. The molecule has 0 saturated carbocycles. The molecule has 0 aromatic heterocycles. The zero-order valence-corrected chi connectivity index (χ0v) is 10.4. The molecule has 1 aromatic rings. The van der Waals surface area contributed by atoms with E-state index in [9.17, 15) is 9.90 Å². The predicted molar refractivity (Wildman–Crippen MR) is 67.8 cm³/mol. The van der Waals surface area contributed by atoms with Crippen LogP contribution in [-0.2, 0) is 4.79 Å². The van der Waals surface area contributed by atoms with Gasteiger partial charge in [0.05, 0.1) is 15.8 Å². The Kier molecular flexibility index (Phi) is 4.15. The van der Waals surface area contributed by atoms with Crippen LogP contribution in [0.25, 0.3) is 0 Å². The van der Waals surface area contributed by atoms with Crippen LogP contribution >= 0.6 is 23.2 Å². The van der Waals surface area contributed by atoms with Crippen molar-refractivity contribution >= 4 is 34.8 Å². The minimum atomic E-state index is -0.911. The molecule has 0 bridgehead atoms. The smallest absolute Gasteiger partial charge is 0.254 e. The highest BCUT2D eigenvalue weighted by Crippen LogP contribution is 2.27. The molecule has 0 heterocycles. The summed E-state index contributed by atoms with van der Waals surface area (Å²) in [5, 5.41) is 17.6. The Morgan fingerprint density at radius 1 is 1.35 bits per heavy atom. The largest absolute Gasteiger partial charge is 0.512 e. The van der Waals surface area contributed by atoms with Gasteiger partial charge in [0.25, 0.3) is 5.91 Å². The van der Waals surface area contributed by atoms with Crippen LogP contribution in [0.1, 0.15) is 12.5 Å². The molecule has 90 valence electrons. The molecule has 17 heavy (non-hydrogen) atoms. The molecule has 4 nitrogen and oxygen atoms in total. The first kappa shape index (κ1) is 13.5. The van der Waals surface area contributed by atoms with E-state index in [1.54, 1.807) is 6.07 Å². The second-order valence-corrected chi connectivity index (χ2v) is 4.11. The van der Waals surface area contributed by atoms with Gasteiger partial charge in [0, 0.05) is 5.56 Å². The van der Waals surface area contributed by atoms with Crippen LogP contribution < -0.4 is 5.73 Å². The minimum absolute atomic E-state index is 0.165. The van der Waals surface area contributed by atoms with Gasteiger partial charge in [-0.05, 0) is 19.1 Å². The summed E-state index contributed by atoms with van der Waals surface area (Å²) in [7, 11) is 0. The maximum Gasteiger partial charge on any atom is 0.254 e. The van der Waals surface area contributed by atoms with Crippen LogP contribution in [0.5, 0.6) is 0 Å². The summed E-state index contributed by atoms with van der Waals surface area (Å²) in [6.07, 6.45) is 0. The van der Waals surface area contributed by atoms with Crippen LogP contribution in [0.15, 0.2) is 29.5 Å². The van der Waals surface area contributed by atoms with Crippen molar-refractivity contribution in [2.45, 2.75) is 6.92 Å². The summed E-state index contributed by atoms with van der Waals surface area (Å²) >= 11 is 11.8. The molecule has 1 rings (SSSR count). The van der Waals surface area contributed by atoms with Gasteiger partial charge in [0.1, 0.15) is 11.3 Å². The topological polar surface area (TPSA) is 87.2 Å². The number of carbonyl (C=O) groups is 1. The Morgan fingerprint density at radius 3 is 2.18 bits per heavy atom.